The van der Waals surface area contributed by atoms with Crippen LogP contribution in [0.4, 0.5) is 0 Å². The molecule has 1 saturated heterocycles. The van der Waals surface area contributed by atoms with Gasteiger partial charge in [-0.15, -0.1) is 0 Å². The molecule has 0 radical (unpaired) electrons. The zero-order valence-electron chi connectivity index (χ0n) is 11.1. The zero-order chi connectivity index (χ0) is 13.0. The van der Waals surface area contributed by atoms with Crippen LogP contribution < -0.4 is 0 Å². The van der Waals surface area contributed by atoms with E-state index in [1.54, 1.807) is 0 Å². The smallest absolute Gasteiger partial charge is 0.308 e. The van der Waals surface area contributed by atoms with Crippen LogP contribution in [0.5, 0.6) is 0 Å². The molecule has 2 N–H and O–H groups in total. The predicted octanol–water partition coefficient (Wildman–Crippen LogP) is 2.37. The Morgan fingerprint density at radius 3 is 2.18 bits per heavy atom. The SMILES string of the molecule is CC1(C)CC(C2CC2)C(C(=O)O)C(C)(C)N1O. The molecule has 0 aromatic rings. The largest absolute Gasteiger partial charge is 0.481 e. The molecule has 1 heterocycles. The summed E-state index contributed by atoms with van der Waals surface area (Å²) in [7, 11) is 0. The molecule has 2 unspecified atom stereocenters. The summed E-state index contributed by atoms with van der Waals surface area (Å²) in [5, 5.41) is 21.0. The molecule has 17 heavy (non-hydrogen) atoms. The van der Waals surface area contributed by atoms with E-state index in [1.807, 2.05) is 27.7 Å². The van der Waals surface area contributed by atoms with Crippen LogP contribution in [0.1, 0.15) is 47.0 Å². The summed E-state index contributed by atoms with van der Waals surface area (Å²) in [5.74, 6) is -0.515. The Hall–Kier alpha value is -0.610. The first-order valence-corrected chi connectivity index (χ1v) is 6.40. The van der Waals surface area contributed by atoms with Crippen LogP contribution in [0.2, 0.25) is 0 Å². The van der Waals surface area contributed by atoms with Gasteiger partial charge < -0.3 is 10.3 Å². The van der Waals surface area contributed by atoms with Crippen molar-refractivity contribution in [2.45, 2.75) is 58.0 Å². The lowest BCUT2D eigenvalue weighted by molar-refractivity contribution is -0.271. The summed E-state index contributed by atoms with van der Waals surface area (Å²) in [6.07, 6.45) is 3.05. The molecule has 1 aliphatic carbocycles. The standard InChI is InChI=1S/C13H23NO3/c1-12(2)7-9(8-5-6-8)10(11(15)16)13(3,4)14(12)17/h8-10,17H,5-7H2,1-4H3,(H,15,16). The summed E-state index contributed by atoms with van der Waals surface area (Å²) >= 11 is 0. The third kappa shape index (κ3) is 1.97. The van der Waals surface area contributed by atoms with E-state index in [1.165, 1.54) is 5.06 Å². The van der Waals surface area contributed by atoms with Gasteiger partial charge in [0.25, 0.3) is 0 Å². The van der Waals surface area contributed by atoms with Crippen LogP contribution in [-0.4, -0.2) is 32.4 Å². The minimum atomic E-state index is -0.776. The number of carboxylic acids is 1. The van der Waals surface area contributed by atoms with Crippen LogP contribution in [0.15, 0.2) is 0 Å². The van der Waals surface area contributed by atoms with Crippen molar-refractivity contribution >= 4 is 5.97 Å². The maximum atomic E-state index is 11.5. The maximum absolute atomic E-state index is 11.5. The van der Waals surface area contributed by atoms with Gasteiger partial charge in [-0.3, -0.25) is 4.79 Å². The van der Waals surface area contributed by atoms with Crippen molar-refractivity contribution in [2.24, 2.45) is 17.8 Å². The average Bonchev–Trinajstić information content (AvgIpc) is 2.95. The summed E-state index contributed by atoms with van der Waals surface area (Å²) in [6, 6.07) is 0. The molecule has 0 spiro atoms. The van der Waals surface area contributed by atoms with Gasteiger partial charge in [0.05, 0.1) is 11.5 Å². The summed E-state index contributed by atoms with van der Waals surface area (Å²) in [5.41, 5.74) is -1.05. The Morgan fingerprint density at radius 1 is 1.24 bits per heavy atom. The fraction of sp³-hybridized carbons (Fsp3) is 0.923. The van der Waals surface area contributed by atoms with Crippen molar-refractivity contribution in [1.29, 1.82) is 0 Å². The van der Waals surface area contributed by atoms with E-state index in [0.717, 1.165) is 19.3 Å². The van der Waals surface area contributed by atoms with Gasteiger partial charge >= 0.3 is 5.97 Å². The van der Waals surface area contributed by atoms with Gasteiger partial charge in [-0.2, -0.15) is 5.06 Å². The summed E-state index contributed by atoms with van der Waals surface area (Å²) < 4.78 is 0. The Bertz CT molecular complexity index is 334. The molecule has 4 nitrogen and oxygen atoms in total. The second-order valence-electron chi connectivity index (χ2n) is 6.80. The molecule has 0 aromatic heterocycles. The Labute approximate surface area is 103 Å². The zero-order valence-corrected chi connectivity index (χ0v) is 11.1. The number of rotatable bonds is 2. The van der Waals surface area contributed by atoms with Gasteiger partial charge in [0.2, 0.25) is 0 Å². The number of aliphatic carboxylic acids is 1. The monoisotopic (exact) mass is 241 g/mol. The minimum Gasteiger partial charge on any atom is -0.481 e. The van der Waals surface area contributed by atoms with Crippen LogP contribution in [0.25, 0.3) is 0 Å². The molecule has 0 amide bonds. The first-order valence-electron chi connectivity index (χ1n) is 6.40. The first kappa shape index (κ1) is 12.8. The van der Waals surface area contributed by atoms with Crippen molar-refractivity contribution in [1.82, 2.24) is 5.06 Å². The topological polar surface area (TPSA) is 60.8 Å². The average molecular weight is 241 g/mol. The fourth-order valence-corrected chi connectivity index (χ4v) is 3.67. The van der Waals surface area contributed by atoms with Gasteiger partial charge in [0, 0.05) is 5.54 Å². The highest BCUT2D eigenvalue weighted by molar-refractivity contribution is 5.72. The lowest BCUT2D eigenvalue weighted by Gasteiger charge is -2.55. The first-order chi connectivity index (χ1) is 7.68. The molecular formula is C13H23NO3. The Kier molecular flexibility index (Phi) is 2.79. The van der Waals surface area contributed by atoms with Crippen LogP contribution in [0.3, 0.4) is 0 Å². The van der Waals surface area contributed by atoms with E-state index in [9.17, 15) is 15.1 Å². The highest BCUT2D eigenvalue weighted by atomic mass is 16.5. The predicted molar refractivity (Wildman–Crippen MR) is 63.7 cm³/mol. The molecule has 2 atom stereocenters. The third-order valence-electron chi connectivity index (χ3n) is 4.54. The van der Waals surface area contributed by atoms with Crippen molar-refractivity contribution < 1.29 is 15.1 Å². The van der Waals surface area contributed by atoms with E-state index in [0.29, 0.717) is 5.92 Å². The molecule has 4 heteroatoms. The van der Waals surface area contributed by atoms with Crippen LogP contribution in [-0.2, 0) is 4.79 Å². The van der Waals surface area contributed by atoms with Crippen LogP contribution >= 0.6 is 0 Å². The van der Waals surface area contributed by atoms with Crippen molar-refractivity contribution in [3.05, 3.63) is 0 Å². The molecule has 0 bridgehead atoms. The molecule has 2 rings (SSSR count). The molecule has 1 saturated carbocycles. The summed E-state index contributed by atoms with van der Waals surface area (Å²) in [4.78, 5) is 11.5. The second kappa shape index (κ2) is 3.69. The molecule has 1 aliphatic heterocycles. The van der Waals surface area contributed by atoms with Gasteiger partial charge in [-0.1, -0.05) is 0 Å². The Balaban J connectivity index is 2.36. The number of hydrogen-bond donors (Lipinski definition) is 2. The lowest BCUT2D eigenvalue weighted by Crippen LogP contribution is -2.65. The quantitative estimate of drug-likeness (QED) is 0.779. The van der Waals surface area contributed by atoms with E-state index in [4.69, 9.17) is 0 Å². The van der Waals surface area contributed by atoms with Gasteiger partial charge in [-0.05, 0) is 58.8 Å². The fourth-order valence-electron chi connectivity index (χ4n) is 3.67. The van der Waals surface area contributed by atoms with Crippen LogP contribution in [0, 0.1) is 17.8 Å². The van der Waals surface area contributed by atoms with Gasteiger partial charge in [-0.25, -0.2) is 0 Å². The number of carboxylic acid groups (broad SMARTS) is 1. The number of hydroxylamine groups is 2. The number of carbonyl (C=O) groups is 1. The van der Waals surface area contributed by atoms with Gasteiger partial charge in [0.1, 0.15) is 0 Å². The van der Waals surface area contributed by atoms with Crippen molar-refractivity contribution in [3.8, 4) is 0 Å². The Morgan fingerprint density at radius 2 is 1.76 bits per heavy atom. The summed E-state index contributed by atoms with van der Waals surface area (Å²) in [6.45, 7) is 7.65. The third-order valence-corrected chi connectivity index (χ3v) is 4.54. The van der Waals surface area contributed by atoms with E-state index < -0.39 is 17.4 Å². The normalized spacial score (nSPS) is 36.8. The van der Waals surface area contributed by atoms with E-state index in [2.05, 4.69) is 0 Å². The molecule has 2 aliphatic rings. The molecule has 2 fully saturated rings. The molecular weight excluding hydrogens is 218 g/mol. The second-order valence-corrected chi connectivity index (χ2v) is 6.80. The minimum absolute atomic E-state index is 0.195. The van der Waals surface area contributed by atoms with E-state index in [-0.39, 0.29) is 11.5 Å². The maximum Gasteiger partial charge on any atom is 0.308 e. The molecule has 0 aromatic carbocycles. The van der Waals surface area contributed by atoms with Crippen molar-refractivity contribution in [2.75, 3.05) is 0 Å². The highest BCUT2D eigenvalue weighted by Crippen LogP contribution is 2.53. The number of piperidine rings is 1. The number of hydrogen-bond acceptors (Lipinski definition) is 3. The van der Waals surface area contributed by atoms with Crippen molar-refractivity contribution in [3.63, 3.8) is 0 Å². The number of nitrogens with zero attached hydrogens (tertiary/aromatic N) is 1. The van der Waals surface area contributed by atoms with E-state index >= 15 is 0 Å². The lowest BCUT2D eigenvalue weighted by atomic mass is 9.65. The highest BCUT2D eigenvalue weighted by Gasteiger charge is 2.57. The molecule has 98 valence electrons. The van der Waals surface area contributed by atoms with Gasteiger partial charge in [0.15, 0.2) is 0 Å².